The van der Waals surface area contributed by atoms with Crippen LogP contribution in [0.4, 0.5) is 0 Å². The number of pyridine rings is 1. The lowest BCUT2D eigenvalue weighted by Crippen LogP contribution is -2.28. The Hall–Kier alpha value is -9.05. The molecule has 12 aromatic rings. The number of hydrogen-bond acceptors (Lipinski definition) is 3. The van der Waals surface area contributed by atoms with Gasteiger partial charge < -0.3 is 0 Å². The van der Waals surface area contributed by atoms with Crippen LogP contribution in [0.3, 0.4) is 0 Å². The third kappa shape index (κ3) is 6.78. The maximum absolute atomic E-state index is 5.53. The van der Waals surface area contributed by atoms with Gasteiger partial charge in [0.1, 0.15) is 0 Å². The molecule has 0 spiro atoms. The summed E-state index contributed by atoms with van der Waals surface area (Å²) in [6.45, 7) is 0. The zero-order chi connectivity index (χ0) is 45.7. The Morgan fingerprint density at radius 2 is 0.739 bits per heavy atom. The fourth-order valence-electron chi connectivity index (χ4n) is 10.8. The zero-order valence-corrected chi connectivity index (χ0v) is 37.7. The first-order valence-electron chi connectivity index (χ1n) is 23.6. The molecule has 3 heteroatoms. The van der Waals surface area contributed by atoms with Gasteiger partial charge in [-0.05, 0) is 73.2 Å². The highest BCUT2D eigenvalue weighted by Crippen LogP contribution is 2.59. The van der Waals surface area contributed by atoms with Crippen molar-refractivity contribution in [1.82, 2.24) is 15.0 Å². The summed E-state index contributed by atoms with van der Waals surface area (Å²) >= 11 is 0. The van der Waals surface area contributed by atoms with Crippen LogP contribution in [0.2, 0.25) is 0 Å². The highest BCUT2D eigenvalue weighted by molar-refractivity contribution is 6.18. The minimum Gasteiger partial charge on any atom is -0.247 e. The van der Waals surface area contributed by atoms with Crippen molar-refractivity contribution < 1.29 is 0 Å². The van der Waals surface area contributed by atoms with Gasteiger partial charge >= 0.3 is 0 Å². The van der Waals surface area contributed by atoms with Gasteiger partial charge in [-0.15, -0.1) is 0 Å². The van der Waals surface area contributed by atoms with E-state index in [4.69, 9.17) is 15.0 Å². The third-order valence-corrected chi connectivity index (χ3v) is 14.0. The van der Waals surface area contributed by atoms with Gasteiger partial charge in [-0.25, -0.2) is 15.0 Å². The van der Waals surface area contributed by atoms with Gasteiger partial charge in [0.2, 0.25) is 0 Å². The van der Waals surface area contributed by atoms with Crippen molar-refractivity contribution >= 4 is 21.7 Å². The molecule has 2 heterocycles. The first kappa shape index (κ1) is 40.2. The third-order valence-electron chi connectivity index (χ3n) is 14.0. The van der Waals surface area contributed by atoms with Crippen LogP contribution in [-0.2, 0) is 5.41 Å². The van der Waals surface area contributed by atoms with Crippen LogP contribution in [0.5, 0.6) is 0 Å². The van der Waals surface area contributed by atoms with E-state index in [2.05, 4.69) is 237 Å². The van der Waals surface area contributed by atoms with Crippen molar-refractivity contribution in [2.45, 2.75) is 5.41 Å². The Kier molecular flexibility index (Phi) is 9.73. The Bertz CT molecular complexity index is 3790. The molecule has 0 N–H and O–H groups in total. The van der Waals surface area contributed by atoms with E-state index in [-0.39, 0.29) is 0 Å². The molecule has 0 saturated carbocycles. The normalized spacial score (nSPS) is 12.5. The molecule has 0 amide bonds. The van der Waals surface area contributed by atoms with E-state index in [1.807, 2.05) is 24.3 Å². The van der Waals surface area contributed by atoms with Crippen LogP contribution in [0.1, 0.15) is 22.3 Å². The molecule has 2 aromatic heterocycles. The molecule has 0 saturated heterocycles. The summed E-state index contributed by atoms with van der Waals surface area (Å²) in [5.74, 6) is 0.699. The molecule has 13 rings (SSSR count). The van der Waals surface area contributed by atoms with Gasteiger partial charge in [-0.2, -0.15) is 0 Å². The van der Waals surface area contributed by atoms with E-state index in [9.17, 15) is 0 Å². The number of para-hydroxylation sites is 1. The monoisotopic (exact) mass is 877 g/mol. The summed E-state index contributed by atoms with van der Waals surface area (Å²) in [6.07, 6.45) is 0. The van der Waals surface area contributed by atoms with E-state index >= 15 is 0 Å². The molecule has 0 bridgehead atoms. The SMILES string of the molecule is c1ccc(-c2ccc(-c3cc(-c4ccc(-c5ccc(-c6nc7ccccc7c7ccc8c(c67)-c6ccccc6C8(c6ccccc6)c6ccccc6)cc5)cc4)nc(-c4ccccc4)n3)cc2)cc1. The topological polar surface area (TPSA) is 38.7 Å². The van der Waals surface area contributed by atoms with Crippen molar-refractivity contribution in [1.29, 1.82) is 0 Å². The number of hydrogen-bond donors (Lipinski definition) is 0. The molecule has 0 fully saturated rings. The van der Waals surface area contributed by atoms with Gasteiger partial charge in [-0.3, -0.25) is 0 Å². The second kappa shape index (κ2) is 16.7. The maximum Gasteiger partial charge on any atom is 0.160 e. The first-order valence-corrected chi connectivity index (χ1v) is 23.6. The van der Waals surface area contributed by atoms with Crippen molar-refractivity contribution in [3.05, 3.63) is 283 Å². The van der Waals surface area contributed by atoms with Crippen LogP contribution in [0.15, 0.2) is 261 Å². The molecule has 3 nitrogen and oxygen atoms in total. The predicted molar refractivity (Wildman–Crippen MR) is 285 cm³/mol. The average Bonchev–Trinajstić information content (AvgIpc) is 3.75. The van der Waals surface area contributed by atoms with E-state index in [0.29, 0.717) is 5.82 Å². The molecule has 0 atom stereocenters. The lowest BCUT2D eigenvalue weighted by Gasteiger charge is -2.34. The van der Waals surface area contributed by atoms with Crippen molar-refractivity contribution in [3.8, 4) is 78.5 Å². The smallest absolute Gasteiger partial charge is 0.160 e. The van der Waals surface area contributed by atoms with Crippen molar-refractivity contribution in [2.75, 3.05) is 0 Å². The number of benzene rings is 10. The van der Waals surface area contributed by atoms with E-state index in [0.717, 1.165) is 61.4 Å². The largest absolute Gasteiger partial charge is 0.247 e. The second-order valence-corrected chi connectivity index (χ2v) is 17.8. The van der Waals surface area contributed by atoms with Crippen LogP contribution < -0.4 is 0 Å². The fraction of sp³-hybridized carbons (Fsp3) is 0.0152. The number of rotatable bonds is 8. The van der Waals surface area contributed by atoms with Crippen molar-refractivity contribution in [3.63, 3.8) is 0 Å². The fourth-order valence-corrected chi connectivity index (χ4v) is 10.8. The molecule has 0 unspecified atom stereocenters. The Labute approximate surface area is 401 Å². The first-order chi connectivity index (χ1) is 34.2. The molecule has 69 heavy (non-hydrogen) atoms. The number of aromatic nitrogens is 3. The number of fused-ring (bicyclic) bond motifs is 7. The Morgan fingerprint density at radius 1 is 0.290 bits per heavy atom. The molecule has 0 radical (unpaired) electrons. The summed E-state index contributed by atoms with van der Waals surface area (Å²) in [7, 11) is 0. The minimum atomic E-state index is -0.508. The molecule has 10 aromatic carbocycles. The van der Waals surface area contributed by atoms with E-state index in [1.54, 1.807) is 0 Å². The van der Waals surface area contributed by atoms with Crippen LogP contribution in [0, 0.1) is 0 Å². The lowest BCUT2D eigenvalue weighted by molar-refractivity contribution is 0.769. The Morgan fingerprint density at radius 3 is 1.32 bits per heavy atom. The van der Waals surface area contributed by atoms with Crippen LogP contribution in [0.25, 0.3) is 100 Å². The maximum atomic E-state index is 5.53. The van der Waals surface area contributed by atoms with Crippen molar-refractivity contribution in [2.24, 2.45) is 0 Å². The summed E-state index contributed by atoms with van der Waals surface area (Å²) in [6, 6.07) is 93.4. The summed E-state index contributed by atoms with van der Waals surface area (Å²) in [5.41, 5.74) is 19.5. The van der Waals surface area contributed by atoms with Gasteiger partial charge in [0.05, 0.1) is 28.0 Å². The highest BCUT2D eigenvalue weighted by Gasteiger charge is 2.47. The van der Waals surface area contributed by atoms with E-state index < -0.39 is 5.41 Å². The number of nitrogens with zero attached hydrogens (tertiary/aromatic N) is 3. The molecule has 1 aliphatic carbocycles. The molecular weight excluding hydrogens is 835 g/mol. The highest BCUT2D eigenvalue weighted by atomic mass is 14.9. The minimum absolute atomic E-state index is 0.508. The van der Waals surface area contributed by atoms with Gasteiger partial charge in [0.25, 0.3) is 0 Å². The summed E-state index contributed by atoms with van der Waals surface area (Å²) in [4.78, 5) is 15.7. The average molecular weight is 878 g/mol. The summed E-state index contributed by atoms with van der Waals surface area (Å²) in [5, 5.41) is 3.53. The second-order valence-electron chi connectivity index (χ2n) is 17.8. The van der Waals surface area contributed by atoms with E-state index in [1.165, 1.54) is 55.3 Å². The van der Waals surface area contributed by atoms with Gasteiger partial charge in [0, 0.05) is 33.0 Å². The van der Waals surface area contributed by atoms with Crippen LogP contribution in [-0.4, -0.2) is 15.0 Å². The quantitative estimate of drug-likeness (QED) is 0.143. The van der Waals surface area contributed by atoms with Gasteiger partial charge in [-0.1, -0.05) is 249 Å². The standard InChI is InChI=1S/C66H43N3/c1-5-17-44(18-6-1)45-29-35-48(36-30-45)60-43-61(69-65(68-60)51-19-7-2-8-20-51)49-37-31-46(32-38-49)47-33-39-50(40-34-47)64-63-55(54-25-14-16-28-59(54)67-64)41-42-58-62(63)56-26-13-15-27-57(56)66(58,52-21-9-3-10-22-52)53-23-11-4-12-24-53/h1-43H. The Balaban J connectivity index is 0.905. The van der Waals surface area contributed by atoms with Crippen LogP contribution >= 0.6 is 0 Å². The molecular formula is C66H43N3. The molecule has 1 aliphatic rings. The summed E-state index contributed by atoms with van der Waals surface area (Å²) < 4.78 is 0. The molecule has 0 aliphatic heterocycles. The van der Waals surface area contributed by atoms with Gasteiger partial charge in [0.15, 0.2) is 5.82 Å². The molecule has 322 valence electrons. The predicted octanol–water partition coefficient (Wildman–Crippen LogP) is 16.5. The zero-order valence-electron chi connectivity index (χ0n) is 37.7. The lowest BCUT2D eigenvalue weighted by atomic mass is 9.67.